The van der Waals surface area contributed by atoms with Gasteiger partial charge in [-0.25, -0.2) is 4.98 Å². The first-order valence-electron chi connectivity index (χ1n) is 5.26. The quantitative estimate of drug-likeness (QED) is 0.729. The Morgan fingerprint density at radius 3 is 2.88 bits per heavy atom. The van der Waals surface area contributed by atoms with Crippen molar-refractivity contribution in [2.45, 2.75) is 32.7 Å². The van der Waals surface area contributed by atoms with Crippen LogP contribution in [0.15, 0.2) is 6.33 Å². The highest BCUT2D eigenvalue weighted by Gasteiger charge is 2.18. The Morgan fingerprint density at radius 1 is 1.44 bits per heavy atom. The second kappa shape index (κ2) is 3.62. The van der Waals surface area contributed by atoms with Gasteiger partial charge >= 0.3 is 0 Å². The van der Waals surface area contributed by atoms with Crippen molar-refractivity contribution in [2.75, 3.05) is 11.1 Å². The van der Waals surface area contributed by atoms with Crippen LogP contribution in [-0.4, -0.2) is 25.5 Å². The molecule has 0 fully saturated rings. The normalized spacial score (nSPS) is 11.9. The van der Waals surface area contributed by atoms with Crippen molar-refractivity contribution >= 4 is 22.9 Å². The van der Waals surface area contributed by atoms with Gasteiger partial charge in [-0.1, -0.05) is 6.92 Å². The third-order valence-corrected chi connectivity index (χ3v) is 2.64. The molecule has 0 radical (unpaired) electrons. The maximum Gasteiger partial charge on any atom is 0.224 e. The van der Waals surface area contributed by atoms with Gasteiger partial charge in [-0.15, -0.1) is 0 Å². The lowest BCUT2D eigenvalue weighted by atomic mass is 10.0. The molecule has 0 unspecified atom stereocenters. The zero-order valence-electron chi connectivity index (χ0n) is 9.70. The summed E-state index contributed by atoms with van der Waals surface area (Å²) in [5, 5.41) is 3.34. The van der Waals surface area contributed by atoms with Gasteiger partial charge in [-0.3, -0.25) is 0 Å². The summed E-state index contributed by atoms with van der Waals surface area (Å²) in [6, 6.07) is 0. The van der Waals surface area contributed by atoms with Crippen LogP contribution in [0, 0.1) is 0 Å². The number of nitrogens with one attached hydrogen (secondary N) is 2. The second-order valence-electron chi connectivity index (χ2n) is 4.39. The van der Waals surface area contributed by atoms with Crippen LogP contribution in [0.25, 0.3) is 11.2 Å². The first-order chi connectivity index (χ1) is 7.52. The number of rotatable bonds is 3. The monoisotopic (exact) mass is 220 g/mol. The molecule has 4 N–H and O–H groups in total. The molecule has 86 valence electrons. The lowest BCUT2D eigenvalue weighted by molar-refractivity contribution is 0.545. The van der Waals surface area contributed by atoms with E-state index in [1.165, 1.54) is 0 Å². The van der Waals surface area contributed by atoms with Crippen LogP contribution < -0.4 is 11.1 Å². The Morgan fingerprint density at radius 2 is 2.19 bits per heavy atom. The molecule has 2 rings (SSSR count). The average molecular weight is 220 g/mol. The highest BCUT2D eigenvalue weighted by atomic mass is 15.1. The molecule has 0 aliphatic carbocycles. The number of hydrogen-bond acceptors (Lipinski definition) is 5. The Balaban J connectivity index is 2.47. The van der Waals surface area contributed by atoms with Gasteiger partial charge in [0.15, 0.2) is 11.5 Å². The standard InChI is InChI=1S/C10H16N6/c1-4-10(2,3)16-8-6-7(13-5-12-6)14-9(11)15-8/h5H,4H2,1-3H3,(H4,11,12,13,14,15,16). The molecule has 0 aromatic carbocycles. The number of nitrogens with two attached hydrogens (primary N) is 1. The summed E-state index contributed by atoms with van der Waals surface area (Å²) >= 11 is 0. The fourth-order valence-corrected chi connectivity index (χ4v) is 1.35. The SMILES string of the molecule is CCC(C)(C)Nc1nc(N)nc2nc[nH]c12. The van der Waals surface area contributed by atoms with Crippen molar-refractivity contribution in [1.82, 2.24) is 19.9 Å². The van der Waals surface area contributed by atoms with Gasteiger partial charge < -0.3 is 16.0 Å². The highest BCUT2D eigenvalue weighted by Crippen LogP contribution is 2.22. The third kappa shape index (κ3) is 1.91. The van der Waals surface area contributed by atoms with E-state index < -0.39 is 0 Å². The lowest BCUT2D eigenvalue weighted by Crippen LogP contribution is -2.30. The molecule has 6 heteroatoms. The largest absolute Gasteiger partial charge is 0.368 e. The van der Waals surface area contributed by atoms with Crippen LogP contribution in [0.4, 0.5) is 11.8 Å². The van der Waals surface area contributed by atoms with Crippen molar-refractivity contribution in [3.63, 3.8) is 0 Å². The van der Waals surface area contributed by atoms with Gasteiger partial charge in [0, 0.05) is 5.54 Å². The summed E-state index contributed by atoms with van der Waals surface area (Å²) in [7, 11) is 0. The molecular formula is C10H16N6. The molecule has 16 heavy (non-hydrogen) atoms. The molecule has 0 atom stereocenters. The van der Waals surface area contributed by atoms with Gasteiger partial charge in [-0.05, 0) is 20.3 Å². The van der Waals surface area contributed by atoms with Crippen molar-refractivity contribution < 1.29 is 0 Å². The molecule has 2 aromatic heterocycles. The number of H-pyrrole nitrogens is 1. The number of fused-ring (bicyclic) bond motifs is 1. The number of nitrogens with zero attached hydrogens (tertiary/aromatic N) is 3. The summed E-state index contributed by atoms with van der Waals surface area (Å²) in [5.41, 5.74) is 6.96. The summed E-state index contributed by atoms with van der Waals surface area (Å²) in [5.74, 6) is 0.931. The van der Waals surface area contributed by atoms with Crippen LogP contribution in [0.1, 0.15) is 27.2 Å². The number of imidazole rings is 1. The fraction of sp³-hybridized carbons (Fsp3) is 0.500. The zero-order chi connectivity index (χ0) is 11.8. The van der Waals surface area contributed by atoms with E-state index in [0.29, 0.717) is 11.5 Å². The molecule has 0 amide bonds. The number of aromatic amines is 1. The van der Waals surface area contributed by atoms with Crippen LogP contribution in [0.5, 0.6) is 0 Å². The van der Waals surface area contributed by atoms with Crippen molar-refractivity contribution in [1.29, 1.82) is 0 Å². The van der Waals surface area contributed by atoms with Crippen molar-refractivity contribution in [2.24, 2.45) is 0 Å². The van der Waals surface area contributed by atoms with Gasteiger partial charge in [0.25, 0.3) is 0 Å². The maximum atomic E-state index is 5.63. The summed E-state index contributed by atoms with van der Waals surface area (Å²) in [6.45, 7) is 6.32. The summed E-state index contributed by atoms with van der Waals surface area (Å²) in [4.78, 5) is 15.3. The van der Waals surface area contributed by atoms with Crippen LogP contribution in [0.3, 0.4) is 0 Å². The van der Waals surface area contributed by atoms with Gasteiger partial charge in [0.1, 0.15) is 5.52 Å². The van der Waals surface area contributed by atoms with E-state index in [2.05, 4.69) is 46.0 Å². The number of aromatic nitrogens is 4. The first kappa shape index (κ1) is 10.7. The van der Waals surface area contributed by atoms with Crippen LogP contribution in [-0.2, 0) is 0 Å². The molecule has 0 spiro atoms. The third-order valence-electron chi connectivity index (χ3n) is 2.64. The first-order valence-corrected chi connectivity index (χ1v) is 5.26. The Kier molecular flexibility index (Phi) is 2.41. The molecule has 2 heterocycles. The molecule has 6 nitrogen and oxygen atoms in total. The van der Waals surface area contributed by atoms with E-state index in [1.54, 1.807) is 6.33 Å². The molecule has 0 saturated carbocycles. The Hall–Kier alpha value is -1.85. The Labute approximate surface area is 93.7 Å². The van der Waals surface area contributed by atoms with E-state index in [-0.39, 0.29) is 11.5 Å². The molecule has 0 aliphatic rings. The maximum absolute atomic E-state index is 5.63. The predicted molar refractivity (Wildman–Crippen MR) is 64.1 cm³/mol. The van der Waals surface area contributed by atoms with E-state index in [9.17, 15) is 0 Å². The van der Waals surface area contributed by atoms with Gasteiger partial charge in [0.05, 0.1) is 6.33 Å². The van der Waals surface area contributed by atoms with Crippen molar-refractivity contribution in [3.05, 3.63) is 6.33 Å². The lowest BCUT2D eigenvalue weighted by Gasteiger charge is -2.25. The van der Waals surface area contributed by atoms with E-state index in [0.717, 1.165) is 11.9 Å². The van der Waals surface area contributed by atoms with Crippen molar-refractivity contribution in [3.8, 4) is 0 Å². The molecule has 2 aromatic rings. The molecule has 0 saturated heterocycles. The summed E-state index contributed by atoms with van der Waals surface area (Å²) < 4.78 is 0. The minimum absolute atomic E-state index is 0.0428. The second-order valence-corrected chi connectivity index (χ2v) is 4.39. The highest BCUT2D eigenvalue weighted by molar-refractivity contribution is 5.83. The minimum Gasteiger partial charge on any atom is -0.368 e. The number of anilines is 2. The topological polar surface area (TPSA) is 92.5 Å². The van der Waals surface area contributed by atoms with Gasteiger partial charge in [-0.2, -0.15) is 9.97 Å². The smallest absolute Gasteiger partial charge is 0.224 e. The number of nitrogen functional groups attached to an aromatic ring is 1. The van der Waals surface area contributed by atoms with E-state index >= 15 is 0 Å². The minimum atomic E-state index is -0.0428. The Bertz CT molecular complexity index is 501. The van der Waals surface area contributed by atoms with E-state index in [1.807, 2.05) is 0 Å². The average Bonchev–Trinajstić information content (AvgIpc) is 2.65. The van der Waals surface area contributed by atoms with E-state index in [4.69, 9.17) is 5.73 Å². The summed E-state index contributed by atoms with van der Waals surface area (Å²) in [6.07, 6.45) is 2.56. The predicted octanol–water partition coefficient (Wildman–Crippen LogP) is 1.54. The fourth-order valence-electron chi connectivity index (χ4n) is 1.35. The molecule has 0 bridgehead atoms. The van der Waals surface area contributed by atoms with Gasteiger partial charge in [0.2, 0.25) is 5.95 Å². The zero-order valence-corrected chi connectivity index (χ0v) is 9.70. The molecular weight excluding hydrogens is 204 g/mol. The molecule has 0 aliphatic heterocycles. The number of hydrogen-bond donors (Lipinski definition) is 3. The van der Waals surface area contributed by atoms with Crippen LogP contribution >= 0.6 is 0 Å². The van der Waals surface area contributed by atoms with Crippen LogP contribution in [0.2, 0.25) is 0 Å².